The molecule has 31 heavy (non-hydrogen) atoms. The molecule has 0 aliphatic heterocycles. The third kappa shape index (κ3) is 6.29. The van der Waals surface area contributed by atoms with E-state index in [0.717, 1.165) is 22.5 Å². The number of halogens is 2. The van der Waals surface area contributed by atoms with Gasteiger partial charge in [-0.1, -0.05) is 35.3 Å². The Bertz CT molecular complexity index is 1090. The van der Waals surface area contributed by atoms with Crippen molar-refractivity contribution in [2.75, 3.05) is 24.4 Å². The third-order valence-corrected chi connectivity index (χ3v) is 5.53. The van der Waals surface area contributed by atoms with Crippen molar-refractivity contribution in [2.45, 2.75) is 20.4 Å². The summed E-state index contributed by atoms with van der Waals surface area (Å²) in [6.07, 6.45) is 0. The van der Waals surface area contributed by atoms with Gasteiger partial charge in [-0.15, -0.1) is 0 Å². The Morgan fingerprint density at radius 1 is 0.871 bits per heavy atom. The second-order valence-corrected chi connectivity index (χ2v) is 7.92. The number of methoxy groups -OCH3 is 1. The van der Waals surface area contributed by atoms with Gasteiger partial charge in [-0.3, -0.25) is 4.79 Å². The van der Waals surface area contributed by atoms with Gasteiger partial charge in [0.25, 0.3) is 5.91 Å². The number of carbonyl (C=O) groups excluding carboxylic acids is 1. The van der Waals surface area contributed by atoms with E-state index in [-0.39, 0.29) is 12.5 Å². The highest BCUT2D eigenvalue weighted by Gasteiger charge is 2.10. The number of rotatable bonds is 8. The van der Waals surface area contributed by atoms with Crippen molar-refractivity contribution in [3.63, 3.8) is 0 Å². The van der Waals surface area contributed by atoms with Crippen molar-refractivity contribution in [3.05, 3.63) is 81.3 Å². The molecule has 1 amide bonds. The number of hydrogen-bond acceptors (Lipinski definition) is 4. The topological polar surface area (TPSA) is 59.6 Å². The van der Waals surface area contributed by atoms with Crippen LogP contribution in [0.3, 0.4) is 0 Å². The molecular formula is C24H24Cl2N2O3. The minimum atomic E-state index is -0.240. The van der Waals surface area contributed by atoms with Crippen LogP contribution in [0.5, 0.6) is 11.5 Å². The molecule has 0 spiro atoms. The quantitative estimate of drug-likeness (QED) is 0.418. The first-order valence-electron chi connectivity index (χ1n) is 9.71. The third-order valence-electron chi connectivity index (χ3n) is 4.79. The van der Waals surface area contributed by atoms with Crippen LogP contribution in [-0.4, -0.2) is 19.6 Å². The van der Waals surface area contributed by atoms with Gasteiger partial charge in [0.1, 0.15) is 0 Å². The Morgan fingerprint density at radius 3 is 2.35 bits per heavy atom. The second-order valence-electron chi connectivity index (χ2n) is 7.10. The number of benzene rings is 3. The summed E-state index contributed by atoms with van der Waals surface area (Å²) < 4.78 is 11.1. The minimum absolute atomic E-state index is 0.121. The predicted octanol–water partition coefficient (Wildman–Crippen LogP) is 6.25. The van der Waals surface area contributed by atoms with Crippen LogP contribution in [0.1, 0.15) is 16.7 Å². The number of hydrogen-bond donors (Lipinski definition) is 2. The van der Waals surface area contributed by atoms with Gasteiger partial charge in [0.15, 0.2) is 18.1 Å². The molecule has 0 aliphatic rings. The summed E-state index contributed by atoms with van der Waals surface area (Å²) in [5.74, 6) is 0.805. The molecule has 0 fully saturated rings. The van der Waals surface area contributed by atoms with E-state index in [1.165, 1.54) is 5.56 Å². The molecule has 0 saturated carbocycles. The zero-order chi connectivity index (χ0) is 22.4. The minimum Gasteiger partial charge on any atom is -0.493 e. The molecule has 0 aliphatic carbocycles. The van der Waals surface area contributed by atoms with E-state index in [1.807, 2.05) is 50.2 Å². The Hall–Kier alpha value is -2.89. The van der Waals surface area contributed by atoms with Crippen LogP contribution in [0.25, 0.3) is 0 Å². The molecule has 0 aromatic heterocycles. The molecular weight excluding hydrogens is 435 g/mol. The Morgan fingerprint density at radius 2 is 1.65 bits per heavy atom. The standard InChI is InChI=1S/C24H24Cl2N2O3/c1-15-4-6-19(10-16(15)2)28-24(29)14-31-22-9-5-17(11-23(22)30-3)13-27-18-7-8-20(25)21(26)12-18/h4-12,27H,13-14H2,1-3H3,(H,28,29). The number of nitrogens with one attached hydrogen (secondary N) is 2. The highest BCUT2D eigenvalue weighted by atomic mass is 35.5. The molecule has 3 aromatic carbocycles. The SMILES string of the molecule is COc1cc(CNc2ccc(Cl)c(Cl)c2)ccc1OCC(=O)Nc1ccc(C)c(C)c1. The molecule has 0 atom stereocenters. The largest absolute Gasteiger partial charge is 0.493 e. The van der Waals surface area contributed by atoms with E-state index < -0.39 is 0 Å². The number of ether oxygens (including phenoxy) is 2. The van der Waals surface area contributed by atoms with E-state index in [0.29, 0.717) is 28.1 Å². The van der Waals surface area contributed by atoms with E-state index in [9.17, 15) is 4.79 Å². The fourth-order valence-corrected chi connectivity index (χ4v) is 3.21. The van der Waals surface area contributed by atoms with Gasteiger partial charge in [0, 0.05) is 17.9 Å². The van der Waals surface area contributed by atoms with Crippen molar-refractivity contribution in [1.82, 2.24) is 0 Å². The van der Waals surface area contributed by atoms with Crippen molar-refractivity contribution in [3.8, 4) is 11.5 Å². The molecule has 3 rings (SSSR count). The van der Waals surface area contributed by atoms with Crippen molar-refractivity contribution >= 4 is 40.5 Å². The molecule has 5 nitrogen and oxygen atoms in total. The smallest absolute Gasteiger partial charge is 0.262 e. The maximum Gasteiger partial charge on any atom is 0.262 e. The highest BCUT2D eigenvalue weighted by molar-refractivity contribution is 6.42. The summed E-state index contributed by atoms with van der Waals surface area (Å²) in [5, 5.41) is 7.13. The second kappa shape index (κ2) is 10.4. The Balaban J connectivity index is 1.58. The Labute approximate surface area is 192 Å². The van der Waals surface area contributed by atoms with Crippen LogP contribution >= 0.6 is 23.2 Å². The first-order valence-corrected chi connectivity index (χ1v) is 10.5. The van der Waals surface area contributed by atoms with Gasteiger partial charge in [-0.05, 0) is 73.0 Å². The Kier molecular flexibility index (Phi) is 7.66. The molecule has 2 N–H and O–H groups in total. The average Bonchev–Trinajstić information content (AvgIpc) is 2.76. The fourth-order valence-electron chi connectivity index (χ4n) is 2.91. The fraction of sp³-hybridized carbons (Fsp3) is 0.208. The van der Waals surface area contributed by atoms with Crippen LogP contribution in [0.2, 0.25) is 10.0 Å². The number of amides is 1. The number of anilines is 2. The van der Waals surface area contributed by atoms with Crippen LogP contribution in [-0.2, 0) is 11.3 Å². The lowest BCUT2D eigenvalue weighted by molar-refractivity contribution is -0.118. The van der Waals surface area contributed by atoms with E-state index >= 15 is 0 Å². The zero-order valence-electron chi connectivity index (χ0n) is 17.6. The summed E-state index contributed by atoms with van der Waals surface area (Å²) in [6.45, 7) is 4.47. The molecule has 0 radical (unpaired) electrons. The molecule has 0 heterocycles. The van der Waals surface area contributed by atoms with Gasteiger partial charge in [-0.25, -0.2) is 0 Å². The predicted molar refractivity (Wildman–Crippen MR) is 127 cm³/mol. The van der Waals surface area contributed by atoms with Crippen LogP contribution in [0.15, 0.2) is 54.6 Å². The van der Waals surface area contributed by atoms with Gasteiger partial charge in [-0.2, -0.15) is 0 Å². The molecule has 7 heteroatoms. The summed E-state index contributed by atoms with van der Waals surface area (Å²) in [7, 11) is 1.56. The number of aryl methyl sites for hydroxylation is 2. The maximum atomic E-state index is 12.3. The van der Waals surface area contributed by atoms with Crippen LogP contribution in [0, 0.1) is 13.8 Å². The number of carbonyl (C=O) groups is 1. The first-order chi connectivity index (χ1) is 14.9. The lowest BCUT2D eigenvalue weighted by Gasteiger charge is -2.13. The van der Waals surface area contributed by atoms with E-state index in [4.69, 9.17) is 32.7 Å². The van der Waals surface area contributed by atoms with Gasteiger partial charge >= 0.3 is 0 Å². The normalized spacial score (nSPS) is 10.5. The maximum absolute atomic E-state index is 12.3. The molecule has 0 unspecified atom stereocenters. The van der Waals surface area contributed by atoms with Gasteiger partial charge in [0.05, 0.1) is 17.2 Å². The van der Waals surface area contributed by atoms with E-state index in [1.54, 1.807) is 25.3 Å². The summed E-state index contributed by atoms with van der Waals surface area (Å²) in [4.78, 5) is 12.3. The molecule has 0 saturated heterocycles. The summed E-state index contributed by atoms with van der Waals surface area (Å²) in [6, 6.07) is 16.7. The van der Waals surface area contributed by atoms with Crippen LogP contribution < -0.4 is 20.1 Å². The van der Waals surface area contributed by atoms with Crippen molar-refractivity contribution < 1.29 is 14.3 Å². The lowest BCUT2D eigenvalue weighted by Crippen LogP contribution is -2.20. The summed E-state index contributed by atoms with van der Waals surface area (Å²) in [5.41, 5.74) is 4.87. The van der Waals surface area contributed by atoms with Crippen molar-refractivity contribution in [2.24, 2.45) is 0 Å². The van der Waals surface area contributed by atoms with E-state index in [2.05, 4.69) is 10.6 Å². The van der Waals surface area contributed by atoms with Crippen molar-refractivity contribution in [1.29, 1.82) is 0 Å². The van der Waals surface area contributed by atoms with Gasteiger partial charge < -0.3 is 20.1 Å². The monoisotopic (exact) mass is 458 g/mol. The molecule has 3 aromatic rings. The molecule has 162 valence electrons. The van der Waals surface area contributed by atoms with Gasteiger partial charge in [0.2, 0.25) is 0 Å². The first kappa shape index (κ1) is 22.8. The highest BCUT2D eigenvalue weighted by Crippen LogP contribution is 2.29. The molecule has 0 bridgehead atoms. The zero-order valence-corrected chi connectivity index (χ0v) is 19.1. The average molecular weight is 459 g/mol. The lowest BCUT2D eigenvalue weighted by atomic mass is 10.1. The summed E-state index contributed by atoms with van der Waals surface area (Å²) >= 11 is 12.0. The van der Waals surface area contributed by atoms with Crippen LogP contribution in [0.4, 0.5) is 11.4 Å².